The first-order valence-corrected chi connectivity index (χ1v) is 12.7. The van der Waals surface area contributed by atoms with E-state index in [1.54, 1.807) is 6.07 Å². The van der Waals surface area contributed by atoms with Crippen LogP contribution in [0, 0.1) is 28.8 Å². The summed E-state index contributed by atoms with van der Waals surface area (Å²) in [4.78, 5) is 9.11. The maximum atomic E-state index is 13.9. The van der Waals surface area contributed by atoms with Gasteiger partial charge in [0.25, 0.3) is 0 Å². The molecule has 0 radical (unpaired) electrons. The second kappa shape index (κ2) is 13.3. The lowest BCUT2D eigenvalue weighted by Gasteiger charge is -2.16. The van der Waals surface area contributed by atoms with Crippen molar-refractivity contribution >= 4 is 46.0 Å². The summed E-state index contributed by atoms with van der Waals surface area (Å²) in [6.07, 6.45) is 2.04. The molecule has 0 bridgehead atoms. The van der Waals surface area contributed by atoms with E-state index in [0.717, 1.165) is 15.1 Å². The Hall–Kier alpha value is -2.91. The molecule has 0 aliphatic rings. The summed E-state index contributed by atoms with van der Waals surface area (Å²) in [6, 6.07) is 10.4. The first-order chi connectivity index (χ1) is 16.9. The molecule has 11 heteroatoms. The van der Waals surface area contributed by atoms with E-state index in [9.17, 15) is 18.4 Å². The molecule has 0 aliphatic heterocycles. The molecule has 182 valence electrons. The molecule has 0 spiro atoms. The van der Waals surface area contributed by atoms with Gasteiger partial charge in [0.2, 0.25) is 0 Å². The van der Waals surface area contributed by atoms with E-state index in [2.05, 4.69) is 22.5 Å². The highest BCUT2D eigenvalue weighted by atomic mass is 32.2. The normalized spacial score (nSPS) is 11.0. The maximum Gasteiger partial charge on any atom is 0.197 e. The second-order valence-corrected chi connectivity index (χ2v) is 8.91. The van der Waals surface area contributed by atoms with Crippen LogP contribution >= 0.6 is 23.1 Å². The van der Waals surface area contributed by atoms with Crippen molar-refractivity contribution < 1.29 is 17.4 Å². The Labute approximate surface area is 214 Å². The molecule has 0 amide bonds. The Kier molecular flexibility index (Phi) is 10.7. The molecule has 2 heterocycles. The molecule has 1 unspecified atom stereocenters. The number of thioether (sulfide) groups is 1. The molecule has 35 heavy (non-hydrogen) atoms. The zero-order valence-electron chi connectivity index (χ0n) is 19.0. The third-order valence-electron chi connectivity index (χ3n) is 4.69. The van der Waals surface area contributed by atoms with Gasteiger partial charge in [-0.2, -0.15) is 9.47 Å². The van der Waals surface area contributed by atoms with Gasteiger partial charge >= 0.3 is 0 Å². The van der Waals surface area contributed by atoms with Crippen molar-refractivity contribution in [2.45, 2.75) is 30.6 Å². The predicted octanol–water partition coefficient (Wildman–Crippen LogP) is 6.30. The minimum Gasteiger partial charge on any atom is -0.322 e. The standard InChI is InChI=1S/C22H15F3N4S2.C2H6.OS/c1-30-22-29-21-19(31-22)9-16(12-2-3-17(25)13(7-12)10-26)20(28-21)18(27)6-11-4-14(23)8-15(24)5-11;2*1-2/h2-5,7-9,18H,6,27H2,1H3;1-2H3;. The van der Waals surface area contributed by atoms with E-state index in [4.69, 9.17) is 9.94 Å². The molecular weight excluding hydrogens is 513 g/mol. The summed E-state index contributed by atoms with van der Waals surface area (Å²) in [5, 5.41) is 9.21. The van der Waals surface area contributed by atoms with Crippen molar-refractivity contribution in [1.29, 1.82) is 5.26 Å². The number of nitriles is 1. The van der Waals surface area contributed by atoms with Gasteiger partial charge in [-0.3, -0.25) is 0 Å². The molecule has 2 aromatic heterocycles. The molecule has 4 aromatic rings. The van der Waals surface area contributed by atoms with Gasteiger partial charge in [-0.1, -0.05) is 31.7 Å². The molecule has 1 atom stereocenters. The van der Waals surface area contributed by atoms with Crippen LogP contribution in [0.2, 0.25) is 0 Å². The molecule has 5 nitrogen and oxygen atoms in total. The smallest absolute Gasteiger partial charge is 0.197 e. The predicted molar refractivity (Wildman–Crippen MR) is 136 cm³/mol. The van der Waals surface area contributed by atoms with Crippen molar-refractivity contribution in [2.24, 2.45) is 5.73 Å². The number of benzene rings is 2. The molecule has 0 aliphatic carbocycles. The lowest BCUT2D eigenvalue weighted by molar-refractivity contribution is 0.576. The Morgan fingerprint density at radius 2 is 1.74 bits per heavy atom. The van der Waals surface area contributed by atoms with E-state index in [0.29, 0.717) is 28.0 Å². The Bertz CT molecular complexity index is 1340. The van der Waals surface area contributed by atoms with Gasteiger partial charge in [-0.05, 0) is 54.1 Å². The van der Waals surface area contributed by atoms with Crippen LogP contribution in [0.25, 0.3) is 21.5 Å². The van der Waals surface area contributed by atoms with Gasteiger partial charge in [-0.15, -0.1) is 11.3 Å². The summed E-state index contributed by atoms with van der Waals surface area (Å²) in [5.74, 6) is -2.00. The number of fused-ring (bicyclic) bond motifs is 1. The van der Waals surface area contributed by atoms with Crippen LogP contribution in [0.4, 0.5) is 13.2 Å². The summed E-state index contributed by atoms with van der Waals surface area (Å²) < 4.78 is 50.6. The number of rotatable bonds is 5. The van der Waals surface area contributed by atoms with Crippen molar-refractivity contribution in [1.82, 2.24) is 9.97 Å². The number of nitrogens with two attached hydrogens (primary N) is 1. The van der Waals surface area contributed by atoms with E-state index in [1.807, 2.05) is 32.2 Å². The van der Waals surface area contributed by atoms with Crippen molar-refractivity contribution in [2.75, 3.05) is 6.26 Å². The van der Waals surface area contributed by atoms with Crippen LogP contribution in [0.15, 0.2) is 46.8 Å². The van der Waals surface area contributed by atoms with Gasteiger partial charge in [0.1, 0.15) is 23.5 Å². The number of thiazole rings is 1. The van der Waals surface area contributed by atoms with Crippen molar-refractivity contribution in [3.63, 3.8) is 0 Å². The molecule has 0 fully saturated rings. The lowest BCUT2D eigenvalue weighted by Crippen LogP contribution is -2.16. The first-order valence-electron chi connectivity index (χ1n) is 10.3. The summed E-state index contributed by atoms with van der Waals surface area (Å²) >= 11 is 5.78. The van der Waals surface area contributed by atoms with Gasteiger partial charge in [0, 0.05) is 11.6 Å². The first kappa shape index (κ1) is 28.3. The van der Waals surface area contributed by atoms with E-state index < -0.39 is 23.5 Å². The van der Waals surface area contributed by atoms with Crippen LogP contribution in [-0.4, -0.2) is 20.4 Å². The van der Waals surface area contributed by atoms with Gasteiger partial charge < -0.3 is 5.73 Å². The fourth-order valence-electron chi connectivity index (χ4n) is 3.32. The van der Waals surface area contributed by atoms with Crippen molar-refractivity contribution in [3.05, 3.63) is 76.7 Å². The Morgan fingerprint density at radius 3 is 2.34 bits per heavy atom. The number of hydrogen-bond donors (Lipinski definition) is 1. The third-order valence-corrected chi connectivity index (χ3v) is 6.67. The summed E-state index contributed by atoms with van der Waals surface area (Å²) in [6.45, 7) is 4.00. The third kappa shape index (κ3) is 6.82. The lowest BCUT2D eigenvalue weighted by atomic mass is 9.95. The highest BCUT2D eigenvalue weighted by Gasteiger charge is 2.20. The number of hydrogen-bond acceptors (Lipinski definition) is 8. The largest absolute Gasteiger partial charge is 0.322 e. The van der Waals surface area contributed by atoms with Crippen LogP contribution in [0.1, 0.15) is 36.7 Å². The molecule has 4 rings (SSSR count). The van der Waals surface area contributed by atoms with Gasteiger partial charge in [-0.25, -0.2) is 23.1 Å². The second-order valence-electron chi connectivity index (χ2n) is 6.82. The molecular formula is C24H21F3N4OS3. The van der Waals surface area contributed by atoms with Crippen LogP contribution in [-0.2, 0) is 19.0 Å². The van der Waals surface area contributed by atoms with E-state index >= 15 is 0 Å². The minimum absolute atomic E-state index is 0.0987. The molecule has 0 saturated carbocycles. The van der Waals surface area contributed by atoms with Crippen LogP contribution < -0.4 is 5.73 Å². The Morgan fingerprint density at radius 1 is 1.09 bits per heavy atom. The monoisotopic (exact) mass is 534 g/mol. The van der Waals surface area contributed by atoms with Crippen LogP contribution in [0.3, 0.4) is 0 Å². The van der Waals surface area contributed by atoms with E-state index in [-0.39, 0.29) is 12.0 Å². The summed E-state index contributed by atoms with van der Waals surface area (Å²) in [5.41, 5.74) is 8.86. The van der Waals surface area contributed by atoms with E-state index in [1.165, 1.54) is 47.4 Å². The van der Waals surface area contributed by atoms with Crippen molar-refractivity contribution in [3.8, 4) is 17.2 Å². The average Bonchev–Trinajstić information content (AvgIpc) is 3.28. The number of nitrogens with zero attached hydrogens (tertiary/aromatic N) is 3. The Balaban J connectivity index is 0.00000103. The zero-order valence-corrected chi connectivity index (χ0v) is 21.5. The fraction of sp³-hybridized carbons (Fsp3) is 0.208. The maximum absolute atomic E-state index is 13.9. The number of aromatic nitrogens is 2. The zero-order chi connectivity index (χ0) is 26.1. The minimum atomic E-state index is -0.712. The number of pyridine rings is 1. The molecule has 2 N–H and O–H groups in total. The fourth-order valence-corrected chi connectivity index (χ4v) is 4.78. The molecule has 0 saturated heterocycles. The number of halogens is 3. The highest BCUT2D eigenvalue weighted by molar-refractivity contribution is 8.00. The topological polar surface area (TPSA) is 92.7 Å². The quantitative estimate of drug-likeness (QED) is 0.300. The average molecular weight is 535 g/mol. The highest BCUT2D eigenvalue weighted by Crippen LogP contribution is 2.35. The SMILES string of the molecule is CC.CSc1nc2nc(C(N)Cc3cc(F)cc(F)c3)c(-c3ccc(F)c(C#N)c3)cc2s1.O=S. The van der Waals surface area contributed by atoms with Crippen LogP contribution in [0.5, 0.6) is 0 Å². The van der Waals surface area contributed by atoms with Gasteiger partial charge in [0.05, 0.1) is 22.0 Å². The molecule has 2 aromatic carbocycles. The van der Waals surface area contributed by atoms with Gasteiger partial charge in [0.15, 0.2) is 22.5 Å². The summed E-state index contributed by atoms with van der Waals surface area (Å²) in [7, 11) is 0.